The number of halogens is 1. The smallest absolute Gasteiger partial charge is 0.414 e. The molecule has 3 atom stereocenters. The number of rotatable bonds is 6. The third-order valence-electron chi connectivity index (χ3n) is 3.88. The fourth-order valence-corrected chi connectivity index (χ4v) is 2.49. The average Bonchev–Trinajstić information content (AvgIpc) is 2.95. The number of hydrogen-bond donors (Lipinski definition) is 3. The predicted octanol–water partition coefficient (Wildman–Crippen LogP) is 0.307. The number of nitrogens with one attached hydrogen (secondary N) is 1. The van der Waals surface area contributed by atoms with Crippen LogP contribution in [0.1, 0.15) is 32.6 Å². The number of ether oxygens (including phenoxy) is 2. The summed E-state index contributed by atoms with van der Waals surface area (Å²) in [5.74, 6) is -0.570. The number of guanidine groups is 1. The largest absolute Gasteiger partial charge is 0.449 e. The van der Waals surface area contributed by atoms with Crippen molar-refractivity contribution in [1.82, 2.24) is 15.3 Å². The second-order valence-electron chi connectivity index (χ2n) is 5.77. The van der Waals surface area contributed by atoms with Crippen molar-refractivity contribution < 1.29 is 33.8 Å². The molecule has 142 valence electrons. The number of carbonyl (C=O) groups is 2. The molecule has 0 aromatic heterocycles. The second kappa shape index (κ2) is 8.92. The molecule has 0 unspecified atom stereocenters. The number of unbranched alkanes of at least 4 members (excludes halogenated alkanes) is 2. The van der Waals surface area contributed by atoms with E-state index in [9.17, 15) is 19.2 Å². The van der Waals surface area contributed by atoms with Crippen LogP contribution in [0.15, 0.2) is 4.99 Å². The number of alkyl carbamates (subject to hydrolysis) is 1. The van der Waals surface area contributed by atoms with Crippen LogP contribution in [0.2, 0.25) is 0 Å². The maximum Gasteiger partial charge on any atom is 0.414 e. The summed E-state index contributed by atoms with van der Waals surface area (Å²) in [7, 11) is 0. The van der Waals surface area contributed by atoms with Gasteiger partial charge in [0.05, 0.1) is 19.3 Å². The molecule has 2 aliphatic rings. The summed E-state index contributed by atoms with van der Waals surface area (Å²) in [6.07, 6.45) is -1.02. The molecule has 0 saturated carbocycles. The van der Waals surface area contributed by atoms with Gasteiger partial charge in [-0.3, -0.25) is 10.2 Å². The Morgan fingerprint density at radius 2 is 2.28 bits per heavy atom. The lowest BCUT2D eigenvalue weighted by Gasteiger charge is -2.32. The lowest BCUT2D eigenvalue weighted by molar-refractivity contribution is -0.0862. The lowest BCUT2D eigenvalue weighted by Crippen LogP contribution is -2.54. The third kappa shape index (κ3) is 5.00. The molecule has 0 radical (unpaired) electrons. The van der Waals surface area contributed by atoms with Crippen LogP contribution in [0.5, 0.6) is 0 Å². The van der Waals surface area contributed by atoms with Crippen molar-refractivity contribution in [2.75, 3.05) is 19.9 Å². The zero-order chi connectivity index (χ0) is 18.4. The summed E-state index contributed by atoms with van der Waals surface area (Å²) in [5, 5.41) is 20.9. The fraction of sp³-hybridized carbons (Fsp3) is 0.786. The van der Waals surface area contributed by atoms with Crippen molar-refractivity contribution in [1.29, 1.82) is 0 Å². The quantitative estimate of drug-likeness (QED) is 0.459. The van der Waals surface area contributed by atoms with E-state index in [2.05, 4.69) is 10.3 Å². The highest BCUT2D eigenvalue weighted by Gasteiger charge is 2.41. The Morgan fingerprint density at radius 3 is 2.92 bits per heavy atom. The zero-order valence-corrected chi connectivity index (χ0v) is 13.9. The van der Waals surface area contributed by atoms with E-state index in [1.54, 1.807) is 0 Å². The fourth-order valence-electron chi connectivity index (χ4n) is 2.49. The molecule has 1 saturated heterocycles. The summed E-state index contributed by atoms with van der Waals surface area (Å²) in [6, 6.07) is -0.828. The Bertz CT molecular complexity index is 520. The maximum absolute atomic E-state index is 14.1. The molecular formula is C14H23FN4O6. The predicted molar refractivity (Wildman–Crippen MR) is 82.9 cm³/mol. The Balaban J connectivity index is 1.89. The minimum absolute atomic E-state index is 0.0303. The van der Waals surface area contributed by atoms with Crippen molar-refractivity contribution in [2.45, 2.75) is 51.0 Å². The molecule has 3 N–H and O–H groups in total. The van der Waals surface area contributed by atoms with Gasteiger partial charge >= 0.3 is 12.1 Å². The number of amides is 3. The third-order valence-corrected chi connectivity index (χ3v) is 3.88. The Hall–Kier alpha value is -1.98. The van der Waals surface area contributed by atoms with E-state index < -0.39 is 49.8 Å². The van der Waals surface area contributed by atoms with E-state index in [-0.39, 0.29) is 18.1 Å². The van der Waals surface area contributed by atoms with Crippen molar-refractivity contribution >= 4 is 18.1 Å². The molecule has 0 bridgehead atoms. The van der Waals surface area contributed by atoms with E-state index >= 15 is 0 Å². The van der Waals surface area contributed by atoms with Gasteiger partial charge in [-0.25, -0.2) is 9.59 Å². The minimum atomic E-state index is -0.961. The first-order valence-electron chi connectivity index (χ1n) is 8.17. The van der Waals surface area contributed by atoms with Crippen LogP contribution in [0.25, 0.3) is 0 Å². The summed E-state index contributed by atoms with van der Waals surface area (Å²) in [4.78, 5) is 28.0. The Labute approximate surface area is 144 Å². The summed E-state index contributed by atoms with van der Waals surface area (Å²) >= 11 is 0. The number of urea groups is 1. The van der Waals surface area contributed by atoms with Gasteiger partial charge in [-0.2, -0.15) is 10.1 Å². The van der Waals surface area contributed by atoms with Gasteiger partial charge in [0.1, 0.15) is 19.0 Å². The van der Waals surface area contributed by atoms with Crippen LogP contribution in [-0.4, -0.2) is 76.6 Å². The molecule has 0 aromatic rings. The van der Waals surface area contributed by atoms with Gasteiger partial charge in [0.2, 0.25) is 5.96 Å². The topological polar surface area (TPSA) is 124 Å². The number of aliphatic hydroxyl groups excluding tert-OH is 2. The average molecular weight is 362 g/mol. The van der Waals surface area contributed by atoms with Crippen molar-refractivity contribution in [3.05, 3.63) is 0 Å². The first-order valence-corrected chi connectivity index (χ1v) is 8.17. The molecular weight excluding hydrogens is 339 g/mol. The van der Waals surface area contributed by atoms with Gasteiger partial charge in [0, 0.05) is 6.42 Å². The number of aliphatic hydroxyl groups is 2. The van der Waals surface area contributed by atoms with E-state index in [1.807, 2.05) is 6.92 Å². The van der Waals surface area contributed by atoms with E-state index in [0.29, 0.717) is 6.42 Å². The van der Waals surface area contributed by atoms with Gasteiger partial charge < -0.3 is 19.7 Å². The molecule has 1 fully saturated rings. The highest BCUT2D eigenvalue weighted by atomic mass is 19.2. The van der Waals surface area contributed by atoms with E-state index in [1.165, 1.54) is 0 Å². The molecule has 11 heteroatoms. The number of aliphatic imine (C=N–C) groups is 1. The number of nitrogens with zero attached hydrogens (tertiary/aromatic N) is 3. The SMILES string of the molecule is CCCCCOC(=O)NC1=NC(=O)N([C@H]2C[C@H](O)[C@@H](CO)O2)CN1F. The lowest BCUT2D eigenvalue weighted by atomic mass is 10.2. The highest BCUT2D eigenvalue weighted by molar-refractivity contribution is 6.00. The zero-order valence-electron chi connectivity index (χ0n) is 13.9. The molecule has 0 aliphatic carbocycles. The normalized spacial score (nSPS) is 26.6. The van der Waals surface area contributed by atoms with E-state index in [0.717, 1.165) is 17.7 Å². The summed E-state index contributed by atoms with van der Waals surface area (Å²) in [5.41, 5.74) is 0. The molecule has 2 aliphatic heterocycles. The Kier molecular flexibility index (Phi) is 6.91. The standard InChI is InChI=1S/C14H23FN4O6/c1-2-3-4-5-24-14(23)17-12-16-13(22)18(8-19(12)15)11-6-9(21)10(7-20)25-11/h9-11,20-21H,2-8H2,1H3,(H,16,17,22,23)/t9-,10+,11+/m0/s1. The molecule has 0 spiro atoms. The monoisotopic (exact) mass is 362 g/mol. The summed E-state index contributed by atoms with van der Waals surface area (Å²) in [6.45, 7) is 1.24. The van der Waals surface area contributed by atoms with Crippen LogP contribution in [0, 0.1) is 0 Å². The van der Waals surface area contributed by atoms with Crippen molar-refractivity contribution in [3.63, 3.8) is 0 Å². The molecule has 0 aromatic carbocycles. The molecule has 3 amide bonds. The van der Waals surface area contributed by atoms with E-state index in [4.69, 9.17) is 14.6 Å². The summed E-state index contributed by atoms with van der Waals surface area (Å²) < 4.78 is 24.2. The van der Waals surface area contributed by atoms with Crippen LogP contribution in [0.3, 0.4) is 0 Å². The van der Waals surface area contributed by atoms with Crippen LogP contribution < -0.4 is 5.32 Å². The van der Waals surface area contributed by atoms with Crippen LogP contribution >= 0.6 is 0 Å². The molecule has 25 heavy (non-hydrogen) atoms. The minimum Gasteiger partial charge on any atom is -0.449 e. The molecule has 2 rings (SSSR count). The van der Waals surface area contributed by atoms with Gasteiger partial charge in [-0.15, -0.1) is 0 Å². The second-order valence-corrected chi connectivity index (χ2v) is 5.77. The van der Waals surface area contributed by atoms with Crippen molar-refractivity contribution in [3.8, 4) is 0 Å². The Morgan fingerprint density at radius 1 is 1.52 bits per heavy atom. The first-order chi connectivity index (χ1) is 12.0. The van der Waals surface area contributed by atoms with Crippen LogP contribution in [0.4, 0.5) is 14.1 Å². The van der Waals surface area contributed by atoms with Crippen LogP contribution in [-0.2, 0) is 9.47 Å². The van der Waals surface area contributed by atoms with Gasteiger partial charge in [-0.05, 0) is 6.42 Å². The molecule has 10 nitrogen and oxygen atoms in total. The maximum atomic E-state index is 14.1. The van der Waals surface area contributed by atoms with Gasteiger partial charge in [-0.1, -0.05) is 24.2 Å². The van der Waals surface area contributed by atoms with Crippen molar-refractivity contribution in [2.24, 2.45) is 4.99 Å². The van der Waals surface area contributed by atoms with Gasteiger partial charge in [0.25, 0.3) is 0 Å². The number of hydrogen-bond acceptors (Lipinski definition) is 7. The van der Waals surface area contributed by atoms with Gasteiger partial charge in [0.15, 0.2) is 0 Å². The highest BCUT2D eigenvalue weighted by Crippen LogP contribution is 2.25. The molecule has 2 heterocycles. The number of carbonyl (C=O) groups excluding carboxylic acids is 2. The first kappa shape index (κ1) is 19.3.